The Hall–Kier alpha value is -2.84. The SMILES string of the molecule is Cc1oc(NC(=O)c2c3c(nc4ccc(Cl)cc24)CCC3)c(C#N)c1C. The second-order valence-electron chi connectivity index (χ2n) is 6.48. The molecule has 5 nitrogen and oxygen atoms in total. The molecule has 26 heavy (non-hydrogen) atoms. The van der Waals surface area contributed by atoms with Gasteiger partial charge in [0.15, 0.2) is 0 Å². The Morgan fingerprint density at radius 2 is 2.15 bits per heavy atom. The van der Waals surface area contributed by atoms with Crippen molar-refractivity contribution >= 4 is 34.3 Å². The van der Waals surface area contributed by atoms with Gasteiger partial charge in [-0.1, -0.05) is 11.6 Å². The normalized spacial score (nSPS) is 12.8. The van der Waals surface area contributed by atoms with Gasteiger partial charge in [0, 0.05) is 21.7 Å². The number of hydrogen-bond donors (Lipinski definition) is 1. The second-order valence-corrected chi connectivity index (χ2v) is 6.92. The molecule has 0 saturated carbocycles. The molecule has 2 heterocycles. The van der Waals surface area contributed by atoms with Crippen LogP contribution in [0.15, 0.2) is 22.6 Å². The highest BCUT2D eigenvalue weighted by Crippen LogP contribution is 2.33. The third-order valence-electron chi connectivity index (χ3n) is 4.93. The van der Waals surface area contributed by atoms with E-state index < -0.39 is 0 Å². The fraction of sp³-hybridized carbons (Fsp3) is 0.250. The third-order valence-corrected chi connectivity index (χ3v) is 5.16. The van der Waals surface area contributed by atoms with Crippen molar-refractivity contribution in [3.8, 4) is 6.07 Å². The standard InChI is InChI=1S/C20H16ClN3O2/c1-10-11(2)26-20(15(10)9-22)24-19(25)18-13-4-3-5-16(13)23-17-7-6-12(21)8-14(17)18/h6-8H,3-5H2,1-2H3,(H,24,25). The van der Waals surface area contributed by atoms with Gasteiger partial charge in [-0.3, -0.25) is 15.1 Å². The van der Waals surface area contributed by atoms with Gasteiger partial charge < -0.3 is 4.42 Å². The molecular weight excluding hydrogens is 350 g/mol. The number of benzene rings is 1. The van der Waals surface area contributed by atoms with Crippen molar-refractivity contribution in [3.05, 3.63) is 56.9 Å². The molecule has 0 saturated heterocycles. The highest BCUT2D eigenvalue weighted by molar-refractivity contribution is 6.31. The van der Waals surface area contributed by atoms with Crippen LogP contribution in [-0.4, -0.2) is 10.9 Å². The molecule has 1 aliphatic carbocycles. The van der Waals surface area contributed by atoms with E-state index in [9.17, 15) is 10.1 Å². The van der Waals surface area contributed by atoms with Gasteiger partial charge >= 0.3 is 0 Å². The van der Waals surface area contributed by atoms with Crippen LogP contribution in [0.4, 0.5) is 5.88 Å². The number of pyridine rings is 1. The van der Waals surface area contributed by atoms with Crippen LogP contribution in [0.1, 0.15) is 44.9 Å². The Bertz CT molecular complexity index is 1110. The number of halogens is 1. The number of nitrogens with one attached hydrogen (secondary N) is 1. The lowest BCUT2D eigenvalue weighted by atomic mass is 10.0. The van der Waals surface area contributed by atoms with Crippen LogP contribution in [-0.2, 0) is 12.8 Å². The van der Waals surface area contributed by atoms with Crippen molar-refractivity contribution in [2.24, 2.45) is 0 Å². The zero-order chi connectivity index (χ0) is 18.4. The zero-order valence-electron chi connectivity index (χ0n) is 14.4. The topological polar surface area (TPSA) is 78.9 Å². The number of aromatic nitrogens is 1. The number of anilines is 1. The summed E-state index contributed by atoms with van der Waals surface area (Å²) in [6.07, 6.45) is 2.63. The van der Waals surface area contributed by atoms with E-state index >= 15 is 0 Å². The van der Waals surface area contributed by atoms with Crippen LogP contribution < -0.4 is 5.32 Å². The molecule has 0 atom stereocenters. The van der Waals surface area contributed by atoms with E-state index in [2.05, 4.69) is 16.4 Å². The Morgan fingerprint density at radius 3 is 2.92 bits per heavy atom. The van der Waals surface area contributed by atoms with Crippen LogP contribution in [0, 0.1) is 25.2 Å². The number of nitrogens with zero attached hydrogens (tertiary/aromatic N) is 2. The fourth-order valence-electron chi connectivity index (χ4n) is 3.51. The monoisotopic (exact) mass is 365 g/mol. The minimum atomic E-state index is -0.303. The summed E-state index contributed by atoms with van der Waals surface area (Å²) in [6.45, 7) is 3.57. The van der Waals surface area contributed by atoms with E-state index in [1.54, 1.807) is 26.0 Å². The smallest absolute Gasteiger partial charge is 0.259 e. The molecule has 3 aromatic rings. The fourth-order valence-corrected chi connectivity index (χ4v) is 3.68. The predicted octanol–water partition coefficient (Wildman–Crippen LogP) is 4.71. The Labute approximate surface area is 155 Å². The number of carbonyl (C=O) groups is 1. The summed E-state index contributed by atoms with van der Waals surface area (Å²) in [5.41, 5.74) is 4.31. The van der Waals surface area contributed by atoms with Crippen LogP contribution in [0.2, 0.25) is 5.02 Å². The molecule has 0 aliphatic heterocycles. The number of nitriles is 1. The summed E-state index contributed by atoms with van der Waals surface area (Å²) in [7, 11) is 0. The molecule has 6 heteroatoms. The first-order chi connectivity index (χ1) is 12.5. The van der Waals surface area contributed by atoms with Crippen molar-refractivity contribution in [3.63, 3.8) is 0 Å². The number of fused-ring (bicyclic) bond motifs is 2. The van der Waals surface area contributed by atoms with E-state index in [0.29, 0.717) is 27.3 Å². The minimum Gasteiger partial charge on any atom is -0.444 e. The quantitative estimate of drug-likeness (QED) is 0.713. The summed E-state index contributed by atoms with van der Waals surface area (Å²) in [6, 6.07) is 7.46. The summed E-state index contributed by atoms with van der Waals surface area (Å²) < 4.78 is 5.59. The molecule has 0 spiro atoms. The maximum absolute atomic E-state index is 13.1. The predicted molar refractivity (Wildman–Crippen MR) is 99.6 cm³/mol. The summed E-state index contributed by atoms with van der Waals surface area (Å²) in [4.78, 5) is 17.8. The highest BCUT2D eigenvalue weighted by Gasteiger charge is 2.26. The summed E-state index contributed by atoms with van der Waals surface area (Å²) in [5.74, 6) is 0.499. The lowest BCUT2D eigenvalue weighted by molar-refractivity contribution is 0.102. The number of hydrogen-bond acceptors (Lipinski definition) is 4. The van der Waals surface area contributed by atoms with E-state index in [0.717, 1.165) is 41.6 Å². The maximum atomic E-state index is 13.1. The molecule has 4 rings (SSSR count). The average Bonchev–Trinajstić information content (AvgIpc) is 3.17. The van der Waals surface area contributed by atoms with Gasteiger partial charge in [-0.15, -0.1) is 0 Å². The van der Waals surface area contributed by atoms with Crippen LogP contribution >= 0.6 is 11.6 Å². The van der Waals surface area contributed by atoms with Crippen molar-refractivity contribution in [1.82, 2.24) is 4.98 Å². The minimum absolute atomic E-state index is 0.186. The number of aryl methyl sites for hydroxylation is 2. The van der Waals surface area contributed by atoms with Gasteiger partial charge in [0.05, 0.1) is 11.1 Å². The van der Waals surface area contributed by atoms with Crippen molar-refractivity contribution < 1.29 is 9.21 Å². The molecular formula is C20H16ClN3O2. The molecule has 0 radical (unpaired) electrons. The highest BCUT2D eigenvalue weighted by atomic mass is 35.5. The van der Waals surface area contributed by atoms with E-state index in [1.165, 1.54) is 0 Å². The van der Waals surface area contributed by atoms with Gasteiger partial charge in [-0.25, -0.2) is 0 Å². The molecule has 2 aromatic heterocycles. The lowest BCUT2D eigenvalue weighted by Gasteiger charge is -2.12. The van der Waals surface area contributed by atoms with Gasteiger partial charge in [0.2, 0.25) is 5.88 Å². The molecule has 1 aromatic carbocycles. The largest absolute Gasteiger partial charge is 0.444 e. The molecule has 1 aliphatic rings. The first kappa shape index (κ1) is 16.6. The van der Waals surface area contributed by atoms with E-state index in [-0.39, 0.29) is 11.8 Å². The van der Waals surface area contributed by atoms with Crippen LogP contribution in [0.25, 0.3) is 10.9 Å². The molecule has 0 fully saturated rings. The van der Waals surface area contributed by atoms with Crippen molar-refractivity contribution in [2.75, 3.05) is 5.32 Å². The Kier molecular flexibility index (Phi) is 3.93. The molecule has 1 N–H and O–H groups in total. The van der Waals surface area contributed by atoms with Crippen molar-refractivity contribution in [2.45, 2.75) is 33.1 Å². The van der Waals surface area contributed by atoms with Gasteiger partial charge in [0.25, 0.3) is 5.91 Å². The summed E-state index contributed by atoms with van der Waals surface area (Å²) in [5, 5.41) is 13.4. The van der Waals surface area contributed by atoms with Gasteiger partial charge in [0.1, 0.15) is 17.4 Å². The van der Waals surface area contributed by atoms with Crippen molar-refractivity contribution in [1.29, 1.82) is 5.26 Å². The second kappa shape index (κ2) is 6.15. The van der Waals surface area contributed by atoms with Crippen LogP contribution in [0.3, 0.4) is 0 Å². The van der Waals surface area contributed by atoms with Crippen LogP contribution in [0.5, 0.6) is 0 Å². The molecule has 1 amide bonds. The number of furan rings is 1. The number of amides is 1. The first-order valence-electron chi connectivity index (χ1n) is 8.42. The zero-order valence-corrected chi connectivity index (χ0v) is 15.2. The number of carbonyl (C=O) groups excluding carboxylic acids is 1. The average molecular weight is 366 g/mol. The van der Waals surface area contributed by atoms with E-state index in [4.69, 9.17) is 16.0 Å². The first-order valence-corrected chi connectivity index (χ1v) is 8.80. The molecule has 130 valence electrons. The lowest BCUT2D eigenvalue weighted by Crippen LogP contribution is -2.16. The van der Waals surface area contributed by atoms with Gasteiger partial charge in [-0.2, -0.15) is 5.26 Å². The number of rotatable bonds is 2. The molecule has 0 unspecified atom stereocenters. The Morgan fingerprint density at radius 1 is 1.35 bits per heavy atom. The van der Waals surface area contributed by atoms with E-state index in [1.807, 2.05) is 6.07 Å². The van der Waals surface area contributed by atoms with Gasteiger partial charge in [-0.05, 0) is 56.9 Å². The summed E-state index contributed by atoms with van der Waals surface area (Å²) >= 11 is 6.16. The molecule has 0 bridgehead atoms. The third kappa shape index (κ3) is 2.54. The maximum Gasteiger partial charge on any atom is 0.259 e. The Balaban J connectivity index is 1.86.